The first-order valence-corrected chi connectivity index (χ1v) is 14.5. The van der Waals surface area contributed by atoms with Gasteiger partial charge >= 0.3 is 0 Å². The van der Waals surface area contributed by atoms with Crippen molar-refractivity contribution < 1.29 is 18.7 Å². The summed E-state index contributed by atoms with van der Waals surface area (Å²) in [6.07, 6.45) is 8.54. The van der Waals surface area contributed by atoms with E-state index in [2.05, 4.69) is 15.3 Å². The van der Waals surface area contributed by atoms with Crippen LogP contribution in [0.5, 0.6) is 0 Å². The lowest BCUT2D eigenvalue weighted by molar-refractivity contribution is 0.0612. The van der Waals surface area contributed by atoms with Gasteiger partial charge in [0.1, 0.15) is 29.2 Å². The van der Waals surface area contributed by atoms with Crippen LogP contribution in [-0.4, -0.2) is 51.9 Å². The maximum atomic E-state index is 13.6. The normalized spacial score (nSPS) is 13.8. The van der Waals surface area contributed by atoms with Crippen molar-refractivity contribution in [1.29, 1.82) is 0 Å². The summed E-state index contributed by atoms with van der Waals surface area (Å²) >= 11 is 0. The number of nitrogens with one attached hydrogen (secondary N) is 1. The molecular weight excluding hydrogens is 563 g/mol. The number of pyridine rings is 1. The molecule has 1 aliphatic heterocycles. The summed E-state index contributed by atoms with van der Waals surface area (Å²) in [5.41, 5.74) is 9.65. The number of hydrogen-bond donors (Lipinski definition) is 2. The highest BCUT2D eigenvalue weighted by Gasteiger charge is 2.20. The second-order valence-corrected chi connectivity index (χ2v) is 10.9. The largest absolute Gasteiger partial charge is 0.383 e. The summed E-state index contributed by atoms with van der Waals surface area (Å²) in [5.74, 6) is -0.197. The SMILES string of the molecule is COCCn1cc(-c2ccc(NC(=O)c3cn(CC4CCOCC4)cc(-c4ccc(F)cc4)c3=O)cc2)c2c(N)ncnc21. The summed E-state index contributed by atoms with van der Waals surface area (Å²) in [6.45, 7) is 3.12. The summed E-state index contributed by atoms with van der Waals surface area (Å²) < 4.78 is 28.2. The molecule has 0 unspecified atom stereocenters. The average molecular weight is 597 g/mol. The van der Waals surface area contributed by atoms with E-state index in [1.165, 1.54) is 18.5 Å². The van der Waals surface area contributed by atoms with E-state index in [-0.39, 0.29) is 5.56 Å². The number of benzene rings is 2. The zero-order valence-electron chi connectivity index (χ0n) is 24.3. The number of nitrogens with two attached hydrogens (primary N) is 1. The third-order valence-electron chi connectivity index (χ3n) is 7.96. The van der Waals surface area contributed by atoms with Gasteiger partial charge in [0.25, 0.3) is 5.91 Å². The number of methoxy groups -OCH3 is 1. The number of carbonyl (C=O) groups excluding carboxylic acids is 1. The smallest absolute Gasteiger partial charge is 0.261 e. The van der Waals surface area contributed by atoms with Crippen LogP contribution in [0.2, 0.25) is 0 Å². The Labute approximate surface area is 253 Å². The van der Waals surface area contributed by atoms with Gasteiger partial charge in [0.05, 0.1) is 12.0 Å². The van der Waals surface area contributed by atoms with Crippen molar-refractivity contribution in [3.05, 3.63) is 95.1 Å². The van der Waals surface area contributed by atoms with E-state index < -0.39 is 17.2 Å². The molecule has 3 aromatic heterocycles. The molecule has 6 rings (SSSR count). The first-order valence-electron chi connectivity index (χ1n) is 14.5. The quantitative estimate of drug-likeness (QED) is 0.246. The summed E-state index contributed by atoms with van der Waals surface area (Å²) in [5, 5.41) is 3.61. The molecule has 0 bridgehead atoms. The topological polar surface area (TPSA) is 126 Å². The molecule has 0 aliphatic carbocycles. The fourth-order valence-corrected chi connectivity index (χ4v) is 5.62. The number of fused-ring (bicyclic) bond motifs is 1. The molecule has 0 saturated carbocycles. The third kappa shape index (κ3) is 6.10. The number of nitrogens with zero attached hydrogens (tertiary/aromatic N) is 4. The van der Waals surface area contributed by atoms with Crippen LogP contribution in [0.3, 0.4) is 0 Å². The summed E-state index contributed by atoms with van der Waals surface area (Å²) in [6, 6.07) is 13.0. The molecular formula is C33H33FN6O4. The lowest BCUT2D eigenvalue weighted by Crippen LogP contribution is -2.26. The Morgan fingerprint density at radius 1 is 1.02 bits per heavy atom. The fourth-order valence-electron chi connectivity index (χ4n) is 5.62. The molecule has 11 heteroatoms. The van der Waals surface area contributed by atoms with E-state index in [0.29, 0.717) is 67.1 Å². The Hall–Kier alpha value is -4.87. The Morgan fingerprint density at radius 2 is 1.73 bits per heavy atom. The van der Waals surface area contributed by atoms with E-state index in [9.17, 15) is 14.0 Å². The van der Waals surface area contributed by atoms with Gasteiger partial charge in [0.2, 0.25) is 5.43 Å². The zero-order valence-corrected chi connectivity index (χ0v) is 24.3. The van der Waals surface area contributed by atoms with E-state index in [1.54, 1.807) is 43.8 Å². The molecule has 0 spiro atoms. The van der Waals surface area contributed by atoms with Crippen molar-refractivity contribution in [2.24, 2.45) is 5.92 Å². The van der Waals surface area contributed by atoms with Crippen LogP contribution in [0, 0.1) is 11.7 Å². The van der Waals surface area contributed by atoms with E-state index in [1.807, 2.05) is 27.5 Å². The number of aromatic nitrogens is 4. The van der Waals surface area contributed by atoms with Crippen LogP contribution in [0.1, 0.15) is 23.2 Å². The van der Waals surface area contributed by atoms with E-state index >= 15 is 0 Å². The first-order chi connectivity index (χ1) is 21.4. The maximum Gasteiger partial charge on any atom is 0.261 e. The minimum absolute atomic E-state index is 0.00842. The van der Waals surface area contributed by atoms with Gasteiger partial charge in [-0.15, -0.1) is 0 Å². The van der Waals surface area contributed by atoms with Gasteiger partial charge in [0, 0.05) is 68.8 Å². The molecule has 1 aliphatic rings. The molecule has 226 valence electrons. The highest BCUT2D eigenvalue weighted by Crippen LogP contribution is 2.33. The lowest BCUT2D eigenvalue weighted by atomic mass is 9.99. The van der Waals surface area contributed by atoms with E-state index in [0.717, 1.165) is 29.4 Å². The number of anilines is 2. The molecule has 0 atom stereocenters. The van der Waals surface area contributed by atoms with Gasteiger partial charge in [-0.05, 0) is 54.2 Å². The zero-order chi connectivity index (χ0) is 30.6. The Balaban J connectivity index is 1.29. The highest BCUT2D eigenvalue weighted by molar-refractivity contribution is 6.05. The molecule has 1 fully saturated rings. The van der Waals surface area contributed by atoms with Gasteiger partial charge in [-0.2, -0.15) is 0 Å². The molecule has 10 nitrogen and oxygen atoms in total. The summed E-state index contributed by atoms with van der Waals surface area (Å²) in [4.78, 5) is 35.7. The van der Waals surface area contributed by atoms with Crippen LogP contribution in [0.4, 0.5) is 15.9 Å². The minimum atomic E-state index is -0.527. The van der Waals surface area contributed by atoms with Crippen molar-refractivity contribution in [3.63, 3.8) is 0 Å². The predicted octanol–water partition coefficient (Wildman–Crippen LogP) is 4.97. The van der Waals surface area contributed by atoms with Gasteiger partial charge in [-0.25, -0.2) is 14.4 Å². The number of amides is 1. The van der Waals surface area contributed by atoms with Crippen LogP contribution < -0.4 is 16.5 Å². The molecule has 1 saturated heterocycles. The number of ether oxygens (including phenoxy) is 2. The van der Waals surface area contributed by atoms with Crippen molar-refractivity contribution >= 4 is 28.4 Å². The Morgan fingerprint density at radius 3 is 2.45 bits per heavy atom. The van der Waals surface area contributed by atoms with Gasteiger partial charge < -0.3 is 29.7 Å². The standard InChI is InChI=1S/C33H33FN6O4/c1-43-15-12-40-19-26(29-31(35)36-20-37-32(29)40)22-4-8-25(9-5-22)38-33(42)28-18-39(16-21-10-13-44-14-11-21)17-27(30(28)41)23-2-6-24(34)7-3-23/h2-9,17-21H,10-16H2,1H3,(H,38,42)(H2,35,36,37). The van der Waals surface area contributed by atoms with Gasteiger partial charge in [0.15, 0.2) is 0 Å². The predicted molar refractivity (Wildman–Crippen MR) is 167 cm³/mol. The molecule has 3 N–H and O–H groups in total. The van der Waals surface area contributed by atoms with Gasteiger partial charge in [-0.3, -0.25) is 9.59 Å². The third-order valence-corrected chi connectivity index (χ3v) is 7.96. The number of rotatable bonds is 9. The molecule has 1 amide bonds. The number of hydrogen-bond acceptors (Lipinski definition) is 7. The van der Waals surface area contributed by atoms with E-state index in [4.69, 9.17) is 15.2 Å². The lowest BCUT2D eigenvalue weighted by Gasteiger charge is -2.23. The highest BCUT2D eigenvalue weighted by atomic mass is 19.1. The molecule has 4 heterocycles. The molecule has 2 aromatic carbocycles. The van der Waals surface area contributed by atoms with Crippen LogP contribution in [0.15, 0.2) is 78.2 Å². The monoisotopic (exact) mass is 596 g/mol. The molecule has 44 heavy (non-hydrogen) atoms. The van der Waals surface area contributed by atoms with Crippen LogP contribution in [-0.2, 0) is 22.6 Å². The van der Waals surface area contributed by atoms with Crippen molar-refractivity contribution in [2.45, 2.75) is 25.9 Å². The van der Waals surface area contributed by atoms with Crippen molar-refractivity contribution in [3.8, 4) is 22.3 Å². The second kappa shape index (κ2) is 12.8. The number of nitrogen functional groups attached to an aromatic ring is 1. The van der Waals surface area contributed by atoms with Crippen LogP contribution in [0.25, 0.3) is 33.3 Å². The van der Waals surface area contributed by atoms with Crippen LogP contribution >= 0.6 is 0 Å². The van der Waals surface area contributed by atoms with Gasteiger partial charge in [-0.1, -0.05) is 24.3 Å². The second-order valence-electron chi connectivity index (χ2n) is 10.9. The number of carbonyl (C=O) groups is 1. The summed E-state index contributed by atoms with van der Waals surface area (Å²) in [7, 11) is 1.64. The maximum absolute atomic E-state index is 13.6. The average Bonchev–Trinajstić information content (AvgIpc) is 3.42. The Bertz CT molecular complexity index is 1840. The minimum Gasteiger partial charge on any atom is -0.383 e. The molecule has 0 radical (unpaired) electrons. The van der Waals surface area contributed by atoms with Crippen molar-refractivity contribution in [2.75, 3.05) is 38.0 Å². The van der Waals surface area contributed by atoms with Crippen molar-refractivity contribution in [1.82, 2.24) is 19.1 Å². The molecule has 5 aromatic rings. The first kappa shape index (κ1) is 29.2. The number of halogens is 1. The Kier molecular flexibility index (Phi) is 8.49. The fraction of sp³-hybridized carbons (Fsp3) is 0.273.